The van der Waals surface area contributed by atoms with Crippen LogP contribution in [0, 0.1) is 5.92 Å². The van der Waals surface area contributed by atoms with Crippen molar-refractivity contribution in [1.82, 2.24) is 9.55 Å². The number of hydrogen-bond donors (Lipinski definition) is 2. The van der Waals surface area contributed by atoms with Gasteiger partial charge in [-0.3, -0.25) is 9.36 Å². The number of esters is 1. The number of ether oxygens (including phenoxy) is 2. The molecular weight excluding hydrogens is 266 g/mol. The highest BCUT2D eigenvalue weighted by Crippen LogP contribution is 2.33. The number of nitrogens with two attached hydrogens (primary N) is 1. The first kappa shape index (κ1) is 14.5. The lowest BCUT2D eigenvalue weighted by Crippen LogP contribution is -2.33. The van der Waals surface area contributed by atoms with E-state index in [2.05, 4.69) is 4.98 Å². The van der Waals surface area contributed by atoms with E-state index in [0.717, 1.165) is 0 Å². The molecule has 1 aliphatic rings. The molecular formula is C12H17N3O5. The van der Waals surface area contributed by atoms with Crippen molar-refractivity contribution in [3.8, 4) is 0 Å². The van der Waals surface area contributed by atoms with Crippen LogP contribution in [0.15, 0.2) is 17.1 Å². The summed E-state index contributed by atoms with van der Waals surface area (Å²) in [5.74, 6) is -0.614. The van der Waals surface area contributed by atoms with E-state index in [1.54, 1.807) is 6.92 Å². The van der Waals surface area contributed by atoms with E-state index in [0.29, 0.717) is 0 Å². The van der Waals surface area contributed by atoms with Gasteiger partial charge in [-0.05, 0) is 6.07 Å². The molecule has 1 saturated heterocycles. The monoisotopic (exact) mass is 283 g/mol. The number of nitrogens with zero attached hydrogens (tertiary/aromatic N) is 2. The minimum atomic E-state index is -0.904. The normalized spacial score (nSPS) is 29.4. The number of rotatable bonds is 3. The smallest absolute Gasteiger partial charge is 0.351 e. The first-order chi connectivity index (χ1) is 9.40. The average Bonchev–Trinajstić information content (AvgIpc) is 2.64. The van der Waals surface area contributed by atoms with Gasteiger partial charge in [0, 0.05) is 19.0 Å². The van der Waals surface area contributed by atoms with Crippen molar-refractivity contribution in [3.63, 3.8) is 0 Å². The molecule has 2 unspecified atom stereocenters. The van der Waals surface area contributed by atoms with Crippen molar-refractivity contribution in [3.05, 3.63) is 22.7 Å². The molecule has 0 spiro atoms. The summed E-state index contributed by atoms with van der Waals surface area (Å²) >= 11 is 0. The number of carbonyl (C=O) groups is 1. The van der Waals surface area contributed by atoms with Gasteiger partial charge >= 0.3 is 11.7 Å². The summed E-state index contributed by atoms with van der Waals surface area (Å²) in [5.41, 5.74) is 4.81. The molecule has 0 aromatic carbocycles. The molecule has 0 aliphatic carbocycles. The lowest BCUT2D eigenvalue weighted by atomic mass is 10.0. The van der Waals surface area contributed by atoms with Crippen molar-refractivity contribution in [2.75, 3.05) is 12.3 Å². The summed E-state index contributed by atoms with van der Waals surface area (Å²) in [6, 6.07) is 1.45. The second-order valence-corrected chi connectivity index (χ2v) is 4.76. The molecule has 1 aliphatic heterocycles. The lowest BCUT2D eigenvalue weighted by Gasteiger charge is -2.17. The molecule has 2 rings (SSSR count). The number of hydrogen-bond acceptors (Lipinski definition) is 7. The molecule has 4 atom stereocenters. The van der Waals surface area contributed by atoms with Crippen molar-refractivity contribution < 1.29 is 19.4 Å². The van der Waals surface area contributed by atoms with Gasteiger partial charge in [0.1, 0.15) is 18.5 Å². The van der Waals surface area contributed by atoms with Gasteiger partial charge in [0.05, 0.1) is 6.10 Å². The van der Waals surface area contributed by atoms with Gasteiger partial charge in [-0.2, -0.15) is 4.98 Å². The maximum absolute atomic E-state index is 11.7. The van der Waals surface area contributed by atoms with E-state index in [-0.39, 0.29) is 18.3 Å². The minimum Gasteiger partial charge on any atom is -0.463 e. The number of aromatic nitrogens is 2. The predicted octanol–water partition coefficient (Wildman–Crippen LogP) is -0.717. The Labute approximate surface area is 115 Å². The summed E-state index contributed by atoms with van der Waals surface area (Å²) in [6.45, 7) is 3.08. The Kier molecular flexibility index (Phi) is 4.05. The molecule has 3 N–H and O–H groups in total. The number of aliphatic hydroxyl groups is 1. The van der Waals surface area contributed by atoms with E-state index in [9.17, 15) is 14.7 Å². The topological polar surface area (TPSA) is 117 Å². The standard InChI is InChI=1S/C12H17N3O5/c1-6-8(5-19-7(2)16)20-11(10(6)17)15-4-3-9(13)14-12(15)18/h3-4,6,8,10-11,17H,5H2,1-2H3,(H2,13,14,18)/t6?,8-,10?,11-/m1/s1. The molecule has 2 heterocycles. The van der Waals surface area contributed by atoms with Gasteiger partial charge in [0.15, 0.2) is 6.23 Å². The van der Waals surface area contributed by atoms with Crippen LogP contribution in [0.4, 0.5) is 5.82 Å². The Hall–Kier alpha value is -1.93. The second kappa shape index (κ2) is 5.59. The van der Waals surface area contributed by atoms with Crippen LogP contribution in [-0.2, 0) is 14.3 Å². The Morgan fingerprint density at radius 1 is 1.65 bits per heavy atom. The van der Waals surface area contributed by atoms with Gasteiger partial charge in [0.2, 0.25) is 0 Å². The molecule has 0 bridgehead atoms. The third kappa shape index (κ3) is 2.81. The van der Waals surface area contributed by atoms with Gasteiger partial charge < -0.3 is 20.3 Å². The molecule has 0 radical (unpaired) electrons. The van der Waals surface area contributed by atoms with Crippen molar-refractivity contribution >= 4 is 11.8 Å². The molecule has 20 heavy (non-hydrogen) atoms. The summed E-state index contributed by atoms with van der Waals surface area (Å²) in [6.07, 6.45) is -0.840. The van der Waals surface area contributed by atoms with Crippen LogP contribution in [0.1, 0.15) is 20.1 Å². The zero-order valence-electron chi connectivity index (χ0n) is 11.2. The van der Waals surface area contributed by atoms with E-state index >= 15 is 0 Å². The Morgan fingerprint density at radius 2 is 2.35 bits per heavy atom. The first-order valence-electron chi connectivity index (χ1n) is 6.21. The number of nitrogen functional groups attached to an aromatic ring is 1. The number of carbonyl (C=O) groups excluding carboxylic acids is 1. The van der Waals surface area contributed by atoms with Crippen LogP contribution in [-0.4, -0.2) is 39.4 Å². The van der Waals surface area contributed by atoms with Crippen LogP contribution >= 0.6 is 0 Å². The molecule has 1 aromatic heterocycles. The Bertz CT molecular complexity index is 558. The van der Waals surface area contributed by atoms with Crippen LogP contribution in [0.3, 0.4) is 0 Å². The maximum Gasteiger partial charge on any atom is 0.351 e. The van der Waals surface area contributed by atoms with Gasteiger partial charge in [0.25, 0.3) is 0 Å². The first-order valence-corrected chi connectivity index (χ1v) is 6.21. The van der Waals surface area contributed by atoms with Crippen molar-refractivity contribution in [2.45, 2.75) is 32.3 Å². The fourth-order valence-corrected chi connectivity index (χ4v) is 2.10. The molecule has 110 valence electrons. The van der Waals surface area contributed by atoms with E-state index < -0.39 is 30.1 Å². The minimum absolute atomic E-state index is 0.0290. The highest BCUT2D eigenvalue weighted by molar-refractivity contribution is 5.65. The fraction of sp³-hybridized carbons (Fsp3) is 0.583. The second-order valence-electron chi connectivity index (χ2n) is 4.76. The maximum atomic E-state index is 11.7. The van der Waals surface area contributed by atoms with Gasteiger partial charge in [-0.15, -0.1) is 0 Å². The number of anilines is 1. The van der Waals surface area contributed by atoms with Crippen LogP contribution in [0.2, 0.25) is 0 Å². The van der Waals surface area contributed by atoms with E-state index in [1.165, 1.54) is 23.8 Å². The fourth-order valence-electron chi connectivity index (χ4n) is 2.10. The average molecular weight is 283 g/mol. The van der Waals surface area contributed by atoms with Crippen LogP contribution < -0.4 is 11.4 Å². The summed E-state index contributed by atoms with van der Waals surface area (Å²) in [4.78, 5) is 26.1. The van der Waals surface area contributed by atoms with Crippen molar-refractivity contribution in [1.29, 1.82) is 0 Å². The Morgan fingerprint density at radius 3 is 2.95 bits per heavy atom. The summed E-state index contributed by atoms with van der Waals surface area (Å²) in [7, 11) is 0. The predicted molar refractivity (Wildman–Crippen MR) is 68.6 cm³/mol. The van der Waals surface area contributed by atoms with Gasteiger partial charge in [-0.25, -0.2) is 4.79 Å². The highest BCUT2D eigenvalue weighted by atomic mass is 16.6. The number of aliphatic hydroxyl groups excluding tert-OH is 1. The highest BCUT2D eigenvalue weighted by Gasteiger charge is 2.42. The summed E-state index contributed by atoms with van der Waals surface area (Å²) in [5, 5.41) is 10.2. The Balaban J connectivity index is 2.17. The van der Waals surface area contributed by atoms with Crippen molar-refractivity contribution in [2.24, 2.45) is 5.92 Å². The third-order valence-electron chi connectivity index (χ3n) is 3.31. The molecule has 1 aromatic rings. The quantitative estimate of drug-likeness (QED) is 0.703. The largest absolute Gasteiger partial charge is 0.463 e. The molecule has 0 saturated carbocycles. The molecule has 8 nitrogen and oxygen atoms in total. The van der Waals surface area contributed by atoms with Gasteiger partial charge in [-0.1, -0.05) is 6.92 Å². The molecule has 1 fully saturated rings. The molecule has 8 heteroatoms. The summed E-state index contributed by atoms with van der Waals surface area (Å²) < 4.78 is 11.7. The van der Waals surface area contributed by atoms with E-state index in [1.807, 2.05) is 0 Å². The van der Waals surface area contributed by atoms with E-state index in [4.69, 9.17) is 15.2 Å². The van der Waals surface area contributed by atoms with Crippen LogP contribution in [0.5, 0.6) is 0 Å². The zero-order chi connectivity index (χ0) is 14.9. The SMILES string of the molecule is CC(=O)OC[C@H]1O[C@@H](n2ccc(N)nc2=O)C(O)C1C. The third-order valence-corrected chi connectivity index (χ3v) is 3.31. The zero-order valence-corrected chi connectivity index (χ0v) is 11.2. The molecule has 0 amide bonds. The lowest BCUT2D eigenvalue weighted by molar-refractivity contribution is -0.146. The van der Waals surface area contributed by atoms with Crippen LogP contribution in [0.25, 0.3) is 0 Å².